The first-order valence-electron chi connectivity index (χ1n) is 7.95. The van der Waals surface area contributed by atoms with Crippen molar-refractivity contribution in [2.75, 3.05) is 0 Å². The van der Waals surface area contributed by atoms with Crippen molar-refractivity contribution in [3.05, 3.63) is 35.4 Å². The van der Waals surface area contributed by atoms with Gasteiger partial charge < -0.3 is 10.6 Å². The van der Waals surface area contributed by atoms with E-state index in [4.69, 9.17) is 0 Å². The van der Waals surface area contributed by atoms with Crippen LogP contribution in [0.3, 0.4) is 0 Å². The molecule has 1 unspecified atom stereocenters. The van der Waals surface area contributed by atoms with Gasteiger partial charge in [0.2, 0.25) is 0 Å². The summed E-state index contributed by atoms with van der Waals surface area (Å²) in [4.78, 5) is 12.0. The Balaban J connectivity index is 1.58. The van der Waals surface area contributed by atoms with Gasteiger partial charge in [-0.05, 0) is 48.8 Å². The molecule has 0 bridgehead atoms. The number of nitrogens with zero attached hydrogens (tertiary/aromatic N) is 1. The Labute approximate surface area is 138 Å². The molecule has 2 aliphatic carbocycles. The number of nitrogens with one attached hydrogen (secondary N) is 2. The van der Waals surface area contributed by atoms with E-state index in [9.17, 15) is 23.2 Å². The van der Waals surface area contributed by atoms with Crippen LogP contribution in [0.15, 0.2) is 24.3 Å². The Kier molecular flexibility index (Phi) is 4.16. The van der Waals surface area contributed by atoms with Gasteiger partial charge in [0, 0.05) is 6.04 Å². The standard InChI is InChI=1S/C17H18F3N3O/c18-17(19,20)12-4-1-3-11(7-12)14(10-21)23-15(24)22-13-8-16(9-13)5-2-6-16/h1,3-4,7,13-14H,2,5-6,8-9H2,(H2,22,23,24). The average Bonchev–Trinajstić information content (AvgIpc) is 2.45. The average molecular weight is 337 g/mol. The summed E-state index contributed by atoms with van der Waals surface area (Å²) >= 11 is 0. The lowest BCUT2D eigenvalue weighted by molar-refractivity contribution is -0.137. The highest BCUT2D eigenvalue weighted by molar-refractivity contribution is 5.75. The molecular weight excluding hydrogens is 319 g/mol. The van der Waals surface area contributed by atoms with Crippen LogP contribution < -0.4 is 10.6 Å². The Morgan fingerprint density at radius 1 is 1.33 bits per heavy atom. The third-order valence-corrected chi connectivity index (χ3v) is 5.06. The van der Waals surface area contributed by atoms with E-state index in [1.807, 2.05) is 6.07 Å². The lowest BCUT2D eigenvalue weighted by Gasteiger charge is -2.54. The van der Waals surface area contributed by atoms with Crippen molar-refractivity contribution in [2.24, 2.45) is 5.41 Å². The number of carbonyl (C=O) groups is 1. The predicted octanol–water partition coefficient (Wildman–Crippen LogP) is 3.90. The minimum absolute atomic E-state index is 0.0890. The van der Waals surface area contributed by atoms with Crippen LogP contribution >= 0.6 is 0 Å². The predicted molar refractivity (Wildman–Crippen MR) is 80.8 cm³/mol. The van der Waals surface area contributed by atoms with Crippen LogP contribution in [-0.4, -0.2) is 12.1 Å². The van der Waals surface area contributed by atoms with E-state index >= 15 is 0 Å². The maximum atomic E-state index is 12.8. The Morgan fingerprint density at radius 3 is 2.58 bits per heavy atom. The van der Waals surface area contributed by atoms with Gasteiger partial charge in [-0.15, -0.1) is 0 Å². The van der Waals surface area contributed by atoms with Crippen LogP contribution in [0.1, 0.15) is 49.3 Å². The van der Waals surface area contributed by atoms with Crippen LogP contribution in [0.5, 0.6) is 0 Å². The Hall–Kier alpha value is -2.23. The third kappa shape index (κ3) is 3.32. The number of halogens is 3. The molecule has 7 heteroatoms. The first-order chi connectivity index (χ1) is 11.3. The molecule has 24 heavy (non-hydrogen) atoms. The summed E-state index contributed by atoms with van der Waals surface area (Å²) < 4.78 is 38.3. The number of amides is 2. The third-order valence-electron chi connectivity index (χ3n) is 5.06. The van der Waals surface area contributed by atoms with Crippen LogP contribution in [0, 0.1) is 16.7 Å². The summed E-state index contributed by atoms with van der Waals surface area (Å²) in [5.74, 6) is 0. The van der Waals surface area contributed by atoms with Crippen molar-refractivity contribution >= 4 is 6.03 Å². The molecule has 0 saturated heterocycles. The van der Waals surface area contributed by atoms with E-state index in [-0.39, 0.29) is 11.6 Å². The quantitative estimate of drug-likeness (QED) is 0.878. The summed E-state index contributed by atoms with van der Waals surface area (Å²) in [5, 5.41) is 14.4. The molecule has 0 heterocycles. The molecule has 1 spiro atoms. The SMILES string of the molecule is N#CC(NC(=O)NC1CC2(CCC2)C1)c1cccc(C(F)(F)F)c1. The fraction of sp³-hybridized carbons (Fsp3) is 0.529. The molecule has 2 fully saturated rings. The van der Waals surface area contributed by atoms with E-state index < -0.39 is 23.8 Å². The number of rotatable bonds is 3. The summed E-state index contributed by atoms with van der Waals surface area (Å²) in [5.41, 5.74) is -0.312. The van der Waals surface area contributed by atoms with E-state index in [0.29, 0.717) is 5.41 Å². The number of hydrogen-bond donors (Lipinski definition) is 2. The second kappa shape index (κ2) is 6.00. The molecule has 1 atom stereocenters. The topological polar surface area (TPSA) is 64.9 Å². The molecule has 1 aromatic carbocycles. The maximum Gasteiger partial charge on any atom is 0.416 e. The number of carbonyl (C=O) groups excluding carboxylic acids is 1. The number of urea groups is 1. The summed E-state index contributed by atoms with van der Waals surface area (Å²) in [6.07, 6.45) is 1.06. The van der Waals surface area contributed by atoms with E-state index in [0.717, 1.165) is 25.0 Å². The number of alkyl halides is 3. The van der Waals surface area contributed by atoms with Crippen molar-refractivity contribution in [1.82, 2.24) is 10.6 Å². The number of hydrogen-bond acceptors (Lipinski definition) is 2. The van der Waals surface area contributed by atoms with Gasteiger partial charge in [0.25, 0.3) is 0 Å². The largest absolute Gasteiger partial charge is 0.416 e. The van der Waals surface area contributed by atoms with Crippen molar-refractivity contribution < 1.29 is 18.0 Å². The first-order valence-corrected chi connectivity index (χ1v) is 7.95. The highest BCUT2D eigenvalue weighted by Crippen LogP contribution is 2.55. The fourth-order valence-electron chi connectivity index (χ4n) is 3.62. The zero-order chi connectivity index (χ0) is 17.4. The lowest BCUT2D eigenvalue weighted by atomic mass is 9.54. The van der Waals surface area contributed by atoms with Gasteiger partial charge in [-0.25, -0.2) is 4.79 Å². The van der Waals surface area contributed by atoms with Crippen molar-refractivity contribution in [1.29, 1.82) is 5.26 Å². The van der Waals surface area contributed by atoms with E-state index in [1.54, 1.807) is 0 Å². The van der Waals surface area contributed by atoms with Gasteiger partial charge in [-0.2, -0.15) is 18.4 Å². The molecule has 1 aromatic rings. The second-order valence-electron chi connectivity index (χ2n) is 6.76. The summed E-state index contributed by atoms with van der Waals surface area (Å²) in [6, 6.07) is 4.74. The molecule has 0 aliphatic heterocycles. The van der Waals surface area contributed by atoms with Gasteiger partial charge in [0.15, 0.2) is 0 Å². The zero-order valence-corrected chi connectivity index (χ0v) is 13.0. The first kappa shape index (κ1) is 16.6. The summed E-state index contributed by atoms with van der Waals surface area (Å²) in [6.45, 7) is 0. The Bertz CT molecular complexity index is 668. The molecular formula is C17H18F3N3O. The van der Waals surface area contributed by atoms with Gasteiger partial charge in [-0.3, -0.25) is 0 Å². The smallest absolute Gasteiger partial charge is 0.335 e. The number of nitriles is 1. The second-order valence-corrected chi connectivity index (χ2v) is 6.76. The number of benzene rings is 1. The molecule has 2 saturated carbocycles. The van der Waals surface area contributed by atoms with Crippen LogP contribution in [0.25, 0.3) is 0 Å². The zero-order valence-electron chi connectivity index (χ0n) is 13.0. The minimum atomic E-state index is -4.48. The fourth-order valence-corrected chi connectivity index (χ4v) is 3.62. The highest BCUT2D eigenvalue weighted by atomic mass is 19.4. The highest BCUT2D eigenvalue weighted by Gasteiger charge is 2.48. The molecule has 128 valence electrons. The summed E-state index contributed by atoms with van der Waals surface area (Å²) in [7, 11) is 0. The Morgan fingerprint density at radius 2 is 2.04 bits per heavy atom. The van der Waals surface area contributed by atoms with Gasteiger partial charge in [-0.1, -0.05) is 18.6 Å². The monoisotopic (exact) mass is 337 g/mol. The van der Waals surface area contributed by atoms with Gasteiger partial charge in [0.05, 0.1) is 11.6 Å². The van der Waals surface area contributed by atoms with Gasteiger partial charge in [0.1, 0.15) is 6.04 Å². The molecule has 0 radical (unpaired) electrons. The molecule has 2 N–H and O–H groups in total. The van der Waals surface area contributed by atoms with Crippen molar-refractivity contribution in [3.8, 4) is 6.07 Å². The minimum Gasteiger partial charge on any atom is -0.335 e. The molecule has 0 aromatic heterocycles. The van der Waals surface area contributed by atoms with Crippen LogP contribution in [-0.2, 0) is 6.18 Å². The maximum absolute atomic E-state index is 12.8. The molecule has 4 nitrogen and oxygen atoms in total. The van der Waals surface area contributed by atoms with Crippen molar-refractivity contribution in [2.45, 2.75) is 50.4 Å². The van der Waals surface area contributed by atoms with Crippen LogP contribution in [0.4, 0.5) is 18.0 Å². The van der Waals surface area contributed by atoms with Gasteiger partial charge >= 0.3 is 12.2 Å². The van der Waals surface area contributed by atoms with Crippen LogP contribution in [0.2, 0.25) is 0 Å². The molecule has 2 amide bonds. The molecule has 2 aliphatic rings. The van der Waals surface area contributed by atoms with E-state index in [1.165, 1.54) is 31.4 Å². The molecule has 3 rings (SSSR count). The van der Waals surface area contributed by atoms with Crippen molar-refractivity contribution in [3.63, 3.8) is 0 Å². The lowest BCUT2D eigenvalue weighted by Crippen LogP contribution is -2.55. The van der Waals surface area contributed by atoms with E-state index in [2.05, 4.69) is 10.6 Å². The normalized spacial score (nSPS) is 20.4.